The SMILES string of the molecule is Cc1cccn2nc(-c3ccc(Cl)s3)nc12. The van der Waals surface area contributed by atoms with Crippen LogP contribution < -0.4 is 0 Å². The lowest BCUT2D eigenvalue weighted by Gasteiger charge is -1.92. The molecule has 0 saturated carbocycles. The van der Waals surface area contributed by atoms with Gasteiger partial charge in [0.15, 0.2) is 11.5 Å². The predicted octanol–water partition coefficient (Wildman–Crippen LogP) is 3.42. The average molecular weight is 250 g/mol. The van der Waals surface area contributed by atoms with Gasteiger partial charge in [-0.25, -0.2) is 9.50 Å². The summed E-state index contributed by atoms with van der Waals surface area (Å²) in [6, 6.07) is 7.79. The van der Waals surface area contributed by atoms with Gasteiger partial charge < -0.3 is 0 Å². The molecule has 0 radical (unpaired) electrons. The number of hydrogen-bond donors (Lipinski definition) is 0. The van der Waals surface area contributed by atoms with Crippen molar-refractivity contribution in [1.82, 2.24) is 14.6 Å². The third kappa shape index (κ3) is 1.50. The molecule has 0 aliphatic rings. The van der Waals surface area contributed by atoms with Crippen LogP contribution in [0.4, 0.5) is 0 Å². The van der Waals surface area contributed by atoms with E-state index in [2.05, 4.69) is 10.1 Å². The zero-order valence-electron chi connectivity index (χ0n) is 8.51. The van der Waals surface area contributed by atoms with Crippen molar-refractivity contribution in [2.75, 3.05) is 0 Å². The normalized spacial score (nSPS) is 11.1. The Hall–Kier alpha value is -1.39. The monoisotopic (exact) mass is 249 g/mol. The zero-order chi connectivity index (χ0) is 11.1. The van der Waals surface area contributed by atoms with E-state index in [1.807, 2.05) is 37.4 Å². The van der Waals surface area contributed by atoms with Gasteiger partial charge >= 0.3 is 0 Å². The molecule has 3 aromatic rings. The number of fused-ring (bicyclic) bond motifs is 1. The van der Waals surface area contributed by atoms with Crippen molar-refractivity contribution >= 4 is 28.6 Å². The molecule has 3 heterocycles. The predicted molar refractivity (Wildman–Crippen MR) is 66.0 cm³/mol. The highest BCUT2D eigenvalue weighted by atomic mass is 35.5. The molecule has 0 bridgehead atoms. The Morgan fingerprint density at radius 3 is 2.88 bits per heavy atom. The van der Waals surface area contributed by atoms with Crippen molar-refractivity contribution in [2.45, 2.75) is 6.92 Å². The Kier molecular flexibility index (Phi) is 2.19. The second-order valence-corrected chi connectivity index (χ2v) is 5.21. The molecule has 3 rings (SSSR count). The number of rotatable bonds is 1. The fourth-order valence-electron chi connectivity index (χ4n) is 1.58. The van der Waals surface area contributed by atoms with E-state index in [1.54, 1.807) is 4.52 Å². The van der Waals surface area contributed by atoms with Crippen molar-refractivity contribution in [3.05, 3.63) is 40.4 Å². The highest BCUT2D eigenvalue weighted by Crippen LogP contribution is 2.29. The first-order valence-electron chi connectivity index (χ1n) is 4.82. The minimum Gasteiger partial charge on any atom is -0.220 e. The largest absolute Gasteiger partial charge is 0.220 e. The molecule has 0 amide bonds. The lowest BCUT2D eigenvalue weighted by atomic mass is 10.3. The number of halogens is 1. The average Bonchev–Trinajstić information content (AvgIpc) is 2.84. The van der Waals surface area contributed by atoms with Crippen LogP contribution in [0.25, 0.3) is 16.3 Å². The minimum absolute atomic E-state index is 0.728. The Bertz CT molecular complexity index is 656. The third-order valence-corrected chi connectivity index (χ3v) is 3.58. The lowest BCUT2D eigenvalue weighted by molar-refractivity contribution is 0.962. The van der Waals surface area contributed by atoms with Gasteiger partial charge in [0.25, 0.3) is 0 Å². The van der Waals surface area contributed by atoms with Crippen molar-refractivity contribution in [2.24, 2.45) is 0 Å². The molecule has 0 saturated heterocycles. The molecule has 0 N–H and O–H groups in total. The van der Waals surface area contributed by atoms with Crippen molar-refractivity contribution in [1.29, 1.82) is 0 Å². The molecule has 0 aliphatic heterocycles. The van der Waals surface area contributed by atoms with E-state index in [9.17, 15) is 0 Å². The summed E-state index contributed by atoms with van der Waals surface area (Å²) in [4.78, 5) is 5.49. The first kappa shape index (κ1) is 9.81. The fourth-order valence-corrected chi connectivity index (χ4v) is 2.55. The molecule has 80 valence electrons. The first-order chi connectivity index (χ1) is 7.74. The standard InChI is InChI=1S/C11H8ClN3S/c1-7-3-2-6-15-11(7)13-10(14-15)8-4-5-9(12)16-8/h2-6H,1H3. The Morgan fingerprint density at radius 2 is 2.19 bits per heavy atom. The zero-order valence-corrected chi connectivity index (χ0v) is 10.1. The molecule has 0 aliphatic carbocycles. The van der Waals surface area contributed by atoms with Gasteiger partial charge in [-0.15, -0.1) is 16.4 Å². The quantitative estimate of drug-likeness (QED) is 0.662. The number of hydrogen-bond acceptors (Lipinski definition) is 3. The molecule has 0 spiro atoms. The topological polar surface area (TPSA) is 30.2 Å². The molecule has 0 fully saturated rings. The summed E-state index contributed by atoms with van der Waals surface area (Å²) >= 11 is 7.39. The van der Waals surface area contributed by atoms with Crippen LogP contribution in [0.5, 0.6) is 0 Å². The number of pyridine rings is 1. The molecule has 5 heteroatoms. The molecular formula is C11H8ClN3S. The summed E-state index contributed by atoms with van der Waals surface area (Å²) in [7, 11) is 0. The summed E-state index contributed by atoms with van der Waals surface area (Å²) in [5, 5.41) is 4.41. The number of thiophene rings is 1. The second kappa shape index (κ2) is 3.57. The van der Waals surface area contributed by atoms with Gasteiger partial charge in [0, 0.05) is 6.20 Å². The van der Waals surface area contributed by atoms with Crippen LogP contribution in [0.2, 0.25) is 4.34 Å². The maximum atomic E-state index is 5.90. The maximum Gasteiger partial charge on any atom is 0.192 e. The van der Waals surface area contributed by atoms with Crippen LogP contribution in [-0.2, 0) is 0 Å². The fraction of sp³-hybridized carbons (Fsp3) is 0.0909. The molecule has 16 heavy (non-hydrogen) atoms. The van der Waals surface area contributed by atoms with E-state index in [-0.39, 0.29) is 0 Å². The maximum absolute atomic E-state index is 5.90. The smallest absolute Gasteiger partial charge is 0.192 e. The van der Waals surface area contributed by atoms with Crippen LogP contribution in [0.1, 0.15) is 5.56 Å². The van der Waals surface area contributed by atoms with Gasteiger partial charge in [0.05, 0.1) is 9.21 Å². The van der Waals surface area contributed by atoms with Crippen LogP contribution >= 0.6 is 22.9 Å². The van der Waals surface area contributed by atoms with Crippen LogP contribution in [-0.4, -0.2) is 14.6 Å². The summed E-state index contributed by atoms with van der Waals surface area (Å²) in [5.74, 6) is 0.728. The molecule has 3 aromatic heterocycles. The number of nitrogens with zero attached hydrogens (tertiary/aromatic N) is 3. The first-order valence-corrected chi connectivity index (χ1v) is 6.01. The summed E-state index contributed by atoms with van der Waals surface area (Å²) in [5.41, 5.74) is 2.01. The van der Waals surface area contributed by atoms with E-state index < -0.39 is 0 Å². The number of aryl methyl sites for hydroxylation is 1. The van der Waals surface area contributed by atoms with Crippen LogP contribution in [0.15, 0.2) is 30.5 Å². The molecular weight excluding hydrogens is 242 g/mol. The van der Waals surface area contributed by atoms with Gasteiger partial charge in [-0.1, -0.05) is 17.7 Å². The van der Waals surface area contributed by atoms with E-state index in [1.165, 1.54) is 11.3 Å². The molecule has 0 atom stereocenters. The van der Waals surface area contributed by atoms with E-state index in [4.69, 9.17) is 11.6 Å². The van der Waals surface area contributed by atoms with Crippen molar-refractivity contribution in [3.8, 4) is 10.7 Å². The Morgan fingerprint density at radius 1 is 1.31 bits per heavy atom. The van der Waals surface area contributed by atoms with Crippen LogP contribution in [0, 0.1) is 6.92 Å². The second-order valence-electron chi connectivity index (χ2n) is 3.50. The molecule has 0 aromatic carbocycles. The summed E-state index contributed by atoms with van der Waals surface area (Å²) < 4.78 is 2.55. The van der Waals surface area contributed by atoms with E-state index in [0.717, 1.165) is 26.2 Å². The minimum atomic E-state index is 0.728. The van der Waals surface area contributed by atoms with Gasteiger partial charge in [-0.3, -0.25) is 0 Å². The van der Waals surface area contributed by atoms with Gasteiger partial charge in [-0.05, 0) is 30.7 Å². The van der Waals surface area contributed by atoms with Crippen molar-refractivity contribution in [3.63, 3.8) is 0 Å². The van der Waals surface area contributed by atoms with Crippen molar-refractivity contribution < 1.29 is 0 Å². The Balaban J connectivity index is 2.22. The van der Waals surface area contributed by atoms with E-state index >= 15 is 0 Å². The van der Waals surface area contributed by atoms with Gasteiger partial charge in [-0.2, -0.15) is 0 Å². The Labute approximate surface area is 101 Å². The molecule has 3 nitrogen and oxygen atoms in total. The van der Waals surface area contributed by atoms with Gasteiger partial charge in [0.1, 0.15) is 0 Å². The highest BCUT2D eigenvalue weighted by Gasteiger charge is 2.09. The highest BCUT2D eigenvalue weighted by molar-refractivity contribution is 7.19. The lowest BCUT2D eigenvalue weighted by Crippen LogP contribution is -1.87. The van der Waals surface area contributed by atoms with Crippen LogP contribution in [0.3, 0.4) is 0 Å². The summed E-state index contributed by atoms with van der Waals surface area (Å²) in [6.07, 6.45) is 1.90. The third-order valence-electron chi connectivity index (χ3n) is 2.35. The summed E-state index contributed by atoms with van der Waals surface area (Å²) in [6.45, 7) is 2.02. The molecule has 0 unspecified atom stereocenters. The number of aromatic nitrogens is 3. The van der Waals surface area contributed by atoms with Gasteiger partial charge in [0.2, 0.25) is 0 Å². The van der Waals surface area contributed by atoms with E-state index in [0.29, 0.717) is 0 Å².